The summed E-state index contributed by atoms with van der Waals surface area (Å²) in [6, 6.07) is 7.61. The number of benzene rings is 1. The number of hydrogen-bond acceptors (Lipinski definition) is 4. The van der Waals surface area contributed by atoms with E-state index in [-0.39, 0.29) is 0 Å². The molecule has 5 nitrogen and oxygen atoms in total. The van der Waals surface area contributed by atoms with Crippen LogP contribution in [0.3, 0.4) is 0 Å². The summed E-state index contributed by atoms with van der Waals surface area (Å²) in [7, 11) is 1.37. The van der Waals surface area contributed by atoms with Gasteiger partial charge in [-0.25, -0.2) is 4.79 Å². The van der Waals surface area contributed by atoms with Crippen molar-refractivity contribution in [2.45, 2.75) is 45.6 Å². The molecule has 1 aromatic rings. The molecule has 1 heterocycles. The van der Waals surface area contributed by atoms with E-state index in [1.807, 2.05) is 29.2 Å². The molecule has 0 bridgehead atoms. The average molecular weight is 365 g/mol. The molecule has 1 aliphatic heterocycles. The van der Waals surface area contributed by atoms with E-state index >= 15 is 0 Å². The number of nitrogens with one attached hydrogen (secondary N) is 1. The van der Waals surface area contributed by atoms with Gasteiger partial charge in [0, 0.05) is 6.54 Å². The number of esters is 1. The van der Waals surface area contributed by atoms with Gasteiger partial charge in [0.1, 0.15) is 5.75 Å². The van der Waals surface area contributed by atoms with Crippen molar-refractivity contribution < 1.29 is 14.3 Å². The number of methoxy groups -OCH3 is 1. The highest BCUT2D eigenvalue weighted by Gasteiger charge is 2.33. The largest absolute Gasteiger partial charge is 0.475 e. The summed E-state index contributed by atoms with van der Waals surface area (Å²) in [5, 5.41) is 4.01. The monoisotopic (exact) mass is 364 g/mol. The summed E-state index contributed by atoms with van der Waals surface area (Å²) < 4.78 is 10.6. The zero-order valence-corrected chi connectivity index (χ0v) is 16.1. The maximum atomic E-state index is 11.9. The number of carbonyl (C=O) groups is 1. The first kappa shape index (κ1) is 19.5. The van der Waals surface area contributed by atoms with Crippen molar-refractivity contribution in [1.29, 1.82) is 0 Å². The Hall–Kier alpha value is -1.82. The van der Waals surface area contributed by atoms with Gasteiger partial charge in [-0.1, -0.05) is 45.2 Å². The molecule has 6 heteroatoms. The smallest absolute Gasteiger partial charge is 0.348 e. The number of ether oxygens (including phenoxy) is 2. The Morgan fingerprint density at radius 2 is 2.20 bits per heavy atom. The Morgan fingerprint density at radius 1 is 1.44 bits per heavy atom. The van der Waals surface area contributed by atoms with Crippen LogP contribution in [0.15, 0.2) is 24.3 Å². The van der Waals surface area contributed by atoms with Crippen molar-refractivity contribution in [2.75, 3.05) is 25.1 Å². The van der Waals surface area contributed by atoms with Crippen LogP contribution in [-0.2, 0) is 9.53 Å². The second kappa shape index (κ2) is 9.61. The van der Waals surface area contributed by atoms with Gasteiger partial charge in [-0.3, -0.25) is 0 Å². The number of fused-ring (bicyclic) bond motifs is 1. The topological polar surface area (TPSA) is 50.8 Å². The third-order valence-corrected chi connectivity index (χ3v) is 4.93. The normalized spacial score (nSPS) is 17.2. The quantitative estimate of drug-likeness (QED) is 0.590. The Balaban J connectivity index is 2.07. The van der Waals surface area contributed by atoms with Crippen LogP contribution in [0.1, 0.15) is 39.5 Å². The lowest BCUT2D eigenvalue weighted by Gasteiger charge is -2.35. The van der Waals surface area contributed by atoms with E-state index in [0.29, 0.717) is 23.3 Å². The van der Waals surface area contributed by atoms with Crippen LogP contribution < -0.4 is 15.0 Å². The highest BCUT2D eigenvalue weighted by atomic mass is 32.1. The lowest BCUT2D eigenvalue weighted by atomic mass is 9.99. The number of carbonyl (C=O) groups excluding carboxylic acids is 1. The molecule has 2 rings (SSSR count). The van der Waals surface area contributed by atoms with E-state index in [4.69, 9.17) is 21.7 Å². The fourth-order valence-corrected chi connectivity index (χ4v) is 3.21. The minimum atomic E-state index is -0.679. The highest BCUT2D eigenvalue weighted by Crippen LogP contribution is 2.33. The van der Waals surface area contributed by atoms with Crippen LogP contribution in [0.2, 0.25) is 0 Å². The lowest BCUT2D eigenvalue weighted by Crippen LogP contribution is -2.51. The van der Waals surface area contributed by atoms with Gasteiger partial charge in [0.25, 0.3) is 0 Å². The SMILES string of the molecule is CCCC[C@H](CC)CNC(=S)N1C[C@H](C(=O)OC)Oc2ccccc21. The second-order valence-corrected chi connectivity index (χ2v) is 6.70. The molecule has 0 fully saturated rings. The second-order valence-electron chi connectivity index (χ2n) is 6.31. The number of thiocarbonyl (C=S) groups is 1. The van der Waals surface area contributed by atoms with Crippen molar-refractivity contribution in [3.8, 4) is 5.75 Å². The Kier molecular flexibility index (Phi) is 7.50. The predicted octanol–water partition coefficient (Wildman–Crippen LogP) is 3.52. The maximum absolute atomic E-state index is 11.9. The van der Waals surface area contributed by atoms with Gasteiger partial charge < -0.3 is 19.7 Å². The molecule has 0 spiro atoms. The van der Waals surface area contributed by atoms with Gasteiger partial charge in [-0.05, 0) is 36.7 Å². The van der Waals surface area contributed by atoms with Gasteiger partial charge in [-0.2, -0.15) is 0 Å². The molecule has 2 atom stereocenters. The molecule has 0 amide bonds. The summed E-state index contributed by atoms with van der Waals surface area (Å²) in [6.07, 6.45) is 4.09. The van der Waals surface area contributed by atoms with Crippen LogP contribution in [0.4, 0.5) is 5.69 Å². The Bertz CT molecular complexity index is 594. The van der Waals surface area contributed by atoms with Crippen LogP contribution in [0.5, 0.6) is 5.75 Å². The van der Waals surface area contributed by atoms with E-state index in [1.165, 1.54) is 26.4 Å². The maximum Gasteiger partial charge on any atom is 0.348 e. The van der Waals surface area contributed by atoms with Gasteiger partial charge >= 0.3 is 5.97 Å². The summed E-state index contributed by atoms with van der Waals surface area (Å²) in [5.41, 5.74) is 0.877. The number of para-hydroxylation sites is 2. The predicted molar refractivity (Wildman–Crippen MR) is 104 cm³/mol. The van der Waals surface area contributed by atoms with Crippen molar-refractivity contribution in [2.24, 2.45) is 5.92 Å². The number of rotatable bonds is 7. The van der Waals surface area contributed by atoms with Crippen LogP contribution in [0, 0.1) is 5.92 Å². The first-order valence-corrected chi connectivity index (χ1v) is 9.40. The zero-order chi connectivity index (χ0) is 18.2. The number of anilines is 1. The standard InChI is InChI=1S/C19H28N2O3S/c1-4-6-9-14(5-2)12-20-19(25)21-13-17(18(22)23-3)24-16-11-8-7-10-15(16)21/h7-8,10-11,14,17H,4-6,9,12-13H2,1-3H3,(H,20,25)/t14-,17+/m0/s1. The molecule has 0 saturated heterocycles. The molecular weight excluding hydrogens is 336 g/mol. The first-order valence-electron chi connectivity index (χ1n) is 8.99. The van der Waals surface area contributed by atoms with E-state index in [2.05, 4.69) is 19.2 Å². The number of hydrogen-bond donors (Lipinski definition) is 1. The lowest BCUT2D eigenvalue weighted by molar-refractivity contribution is -0.148. The van der Waals surface area contributed by atoms with Crippen LogP contribution in [0.25, 0.3) is 0 Å². The fourth-order valence-electron chi connectivity index (χ4n) is 2.95. The molecule has 1 aliphatic rings. The molecule has 0 unspecified atom stereocenters. The van der Waals surface area contributed by atoms with E-state index < -0.39 is 12.1 Å². The van der Waals surface area contributed by atoms with Crippen molar-refractivity contribution in [3.63, 3.8) is 0 Å². The number of nitrogens with zero attached hydrogens (tertiary/aromatic N) is 1. The van der Waals surface area contributed by atoms with Crippen molar-refractivity contribution >= 4 is 29.0 Å². The first-order chi connectivity index (χ1) is 12.1. The summed E-state index contributed by atoms with van der Waals surface area (Å²) in [5.74, 6) is 0.855. The Labute approximate surface area is 155 Å². The molecule has 1 aromatic carbocycles. The van der Waals surface area contributed by atoms with E-state index in [9.17, 15) is 4.79 Å². The van der Waals surface area contributed by atoms with Gasteiger partial charge in [-0.15, -0.1) is 0 Å². The van der Waals surface area contributed by atoms with E-state index in [1.54, 1.807) is 0 Å². The van der Waals surface area contributed by atoms with Crippen molar-refractivity contribution in [3.05, 3.63) is 24.3 Å². The van der Waals surface area contributed by atoms with Gasteiger partial charge in [0.15, 0.2) is 5.11 Å². The molecular formula is C19H28N2O3S. The van der Waals surface area contributed by atoms with Gasteiger partial charge in [0.05, 0.1) is 19.3 Å². The highest BCUT2D eigenvalue weighted by molar-refractivity contribution is 7.80. The molecule has 1 N–H and O–H groups in total. The number of unbranched alkanes of at least 4 members (excludes halogenated alkanes) is 1. The molecule has 0 saturated carbocycles. The zero-order valence-electron chi connectivity index (χ0n) is 15.3. The average Bonchev–Trinajstić information content (AvgIpc) is 2.66. The molecule has 25 heavy (non-hydrogen) atoms. The van der Waals surface area contributed by atoms with Crippen LogP contribution >= 0.6 is 12.2 Å². The Morgan fingerprint density at radius 3 is 2.88 bits per heavy atom. The molecule has 0 aromatic heterocycles. The minimum Gasteiger partial charge on any atom is -0.475 e. The summed E-state index contributed by atoms with van der Waals surface area (Å²) in [4.78, 5) is 13.9. The third-order valence-electron chi connectivity index (χ3n) is 4.57. The molecule has 138 valence electrons. The summed E-state index contributed by atoms with van der Waals surface area (Å²) >= 11 is 5.61. The van der Waals surface area contributed by atoms with Crippen molar-refractivity contribution in [1.82, 2.24) is 5.32 Å². The minimum absolute atomic E-state index is 0.348. The van der Waals surface area contributed by atoms with E-state index in [0.717, 1.165) is 18.7 Å². The molecule has 0 radical (unpaired) electrons. The van der Waals surface area contributed by atoms with Gasteiger partial charge in [0.2, 0.25) is 6.10 Å². The third kappa shape index (κ3) is 5.08. The fraction of sp³-hybridized carbons (Fsp3) is 0.579. The molecule has 0 aliphatic carbocycles. The summed E-state index contributed by atoms with van der Waals surface area (Å²) in [6.45, 7) is 5.61. The van der Waals surface area contributed by atoms with Crippen LogP contribution in [-0.4, -0.2) is 37.4 Å².